The smallest absolute Gasteiger partial charge is 0.323 e. The molecule has 0 spiro atoms. The van der Waals surface area contributed by atoms with Crippen LogP contribution in [0.2, 0.25) is 0 Å². The molecule has 0 aromatic heterocycles. The highest BCUT2D eigenvalue weighted by Gasteiger charge is 2.22. The lowest BCUT2D eigenvalue weighted by Gasteiger charge is -2.22. The van der Waals surface area contributed by atoms with Gasteiger partial charge in [-0.3, -0.25) is 4.79 Å². The summed E-state index contributed by atoms with van der Waals surface area (Å²) in [5, 5.41) is 0. The summed E-state index contributed by atoms with van der Waals surface area (Å²) in [4.78, 5) is 11.3. The number of hydrogen-bond acceptors (Lipinski definition) is 4. The fourth-order valence-corrected chi connectivity index (χ4v) is 0.874. The molecule has 0 radical (unpaired) electrons. The van der Waals surface area contributed by atoms with Crippen molar-refractivity contribution in [3.05, 3.63) is 0 Å². The van der Waals surface area contributed by atoms with Crippen molar-refractivity contribution in [1.29, 1.82) is 0 Å². The molecule has 4 nitrogen and oxygen atoms in total. The Morgan fingerprint density at radius 1 is 1.38 bits per heavy atom. The van der Waals surface area contributed by atoms with Gasteiger partial charge in [0.2, 0.25) is 0 Å². The number of hydrogen-bond donors (Lipinski definition) is 2. The predicted octanol–water partition coefficient (Wildman–Crippen LogP) is 0.393. The quantitative estimate of drug-likeness (QED) is 0.628. The van der Waals surface area contributed by atoms with Gasteiger partial charge in [-0.1, -0.05) is 0 Å². The van der Waals surface area contributed by atoms with Gasteiger partial charge in [-0.15, -0.1) is 0 Å². The van der Waals surface area contributed by atoms with E-state index < -0.39 is 11.6 Å². The van der Waals surface area contributed by atoms with E-state index in [1.54, 1.807) is 0 Å². The molecule has 4 N–H and O–H groups in total. The number of carbonyl (C=O) groups is 1. The summed E-state index contributed by atoms with van der Waals surface area (Å²) in [6.07, 6.45) is 0.453. The SMILES string of the molecule is C[C@H](N)C[C@H](N)C(=O)OC(C)(C)C. The maximum Gasteiger partial charge on any atom is 0.323 e. The Bertz CT molecular complexity index is 173. The van der Waals surface area contributed by atoms with Crippen molar-refractivity contribution in [1.82, 2.24) is 0 Å². The minimum absolute atomic E-state index is 0.0810. The Morgan fingerprint density at radius 3 is 2.15 bits per heavy atom. The summed E-state index contributed by atoms with van der Waals surface area (Å²) in [6, 6.07) is -0.693. The summed E-state index contributed by atoms with van der Waals surface area (Å²) in [7, 11) is 0. The summed E-state index contributed by atoms with van der Waals surface area (Å²) in [5.74, 6) is -0.384. The molecular weight excluding hydrogens is 168 g/mol. The monoisotopic (exact) mass is 188 g/mol. The Balaban J connectivity index is 3.97. The van der Waals surface area contributed by atoms with Crippen LogP contribution in [-0.2, 0) is 9.53 Å². The van der Waals surface area contributed by atoms with Crippen molar-refractivity contribution in [3.8, 4) is 0 Å². The zero-order valence-electron chi connectivity index (χ0n) is 8.83. The molecule has 0 aliphatic rings. The Kier molecular flexibility index (Phi) is 4.36. The lowest BCUT2D eigenvalue weighted by molar-refractivity contribution is -0.156. The number of esters is 1. The molecule has 4 heteroatoms. The molecular formula is C9H20N2O2. The third kappa shape index (κ3) is 6.54. The highest BCUT2D eigenvalue weighted by molar-refractivity contribution is 5.75. The molecule has 0 unspecified atom stereocenters. The van der Waals surface area contributed by atoms with Crippen LogP contribution in [0.3, 0.4) is 0 Å². The van der Waals surface area contributed by atoms with Crippen LogP contribution in [0.1, 0.15) is 34.1 Å². The molecule has 0 bridgehead atoms. The number of nitrogens with two attached hydrogens (primary N) is 2. The minimum Gasteiger partial charge on any atom is -0.459 e. The van der Waals surface area contributed by atoms with Crippen molar-refractivity contribution >= 4 is 5.97 Å². The third-order valence-corrected chi connectivity index (χ3v) is 1.34. The zero-order valence-corrected chi connectivity index (χ0v) is 8.83. The summed E-state index contributed by atoms with van der Waals surface area (Å²) in [6.45, 7) is 7.24. The zero-order chi connectivity index (χ0) is 10.6. The Hall–Kier alpha value is -0.610. The first-order valence-electron chi connectivity index (χ1n) is 4.46. The van der Waals surface area contributed by atoms with E-state index in [1.165, 1.54) is 0 Å². The van der Waals surface area contributed by atoms with Crippen LogP contribution < -0.4 is 11.5 Å². The molecule has 13 heavy (non-hydrogen) atoms. The van der Waals surface area contributed by atoms with Gasteiger partial charge in [0.1, 0.15) is 11.6 Å². The molecule has 0 rings (SSSR count). The van der Waals surface area contributed by atoms with E-state index in [0.29, 0.717) is 6.42 Å². The molecule has 2 atom stereocenters. The lowest BCUT2D eigenvalue weighted by atomic mass is 10.1. The van der Waals surface area contributed by atoms with Crippen molar-refractivity contribution < 1.29 is 9.53 Å². The van der Waals surface area contributed by atoms with Gasteiger partial charge in [-0.05, 0) is 34.1 Å². The van der Waals surface area contributed by atoms with Gasteiger partial charge in [0.25, 0.3) is 0 Å². The van der Waals surface area contributed by atoms with E-state index in [4.69, 9.17) is 16.2 Å². The number of rotatable bonds is 3. The van der Waals surface area contributed by atoms with E-state index in [-0.39, 0.29) is 12.0 Å². The van der Waals surface area contributed by atoms with Crippen LogP contribution >= 0.6 is 0 Å². The average Bonchev–Trinajstić information content (AvgIpc) is 1.81. The second-order valence-electron chi connectivity index (χ2n) is 4.35. The third-order valence-electron chi connectivity index (χ3n) is 1.34. The fourth-order valence-electron chi connectivity index (χ4n) is 0.874. The van der Waals surface area contributed by atoms with Gasteiger partial charge in [0.15, 0.2) is 0 Å². The molecule has 0 aromatic rings. The molecule has 0 aliphatic heterocycles. The maximum atomic E-state index is 11.3. The van der Waals surface area contributed by atoms with E-state index in [1.807, 2.05) is 27.7 Å². The second kappa shape index (κ2) is 4.58. The van der Waals surface area contributed by atoms with Crippen molar-refractivity contribution in [3.63, 3.8) is 0 Å². The van der Waals surface area contributed by atoms with Gasteiger partial charge in [-0.2, -0.15) is 0 Å². The van der Waals surface area contributed by atoms with E-state index >= 15 is 0 Å². The van der Waals surface area contributed by atoms with Crippen molar-refractivity contribution in [2.75, 3.05) is 0 Å². The first-order valence-corrected chi connectivity index (χ1v) is 4.46. The largest absolute Gasteiger partial charge is 0.459 e. The van der Waals surface area contributed by atoms with E-state index in [2.05, 4.69) is 0 Å². The van der Waals surface area contributed by atoms with Crippen LogP contribution in [0.4, 0.5) is 0 Å². The highest BCUT2D eigenvalue weighted by Crippen LogP contribution is 2.09. The van der Waals surface area contributed by atoms with Gasteiger partial charge >= 0.3 is 5.97 Å². The van der Waals surface area contributed by atoms with Gasteiger partial charge in [0, 0.05) is 6.04 Å². The van der Waals surface area contributed by atoms with Crippen molar-refractivity contribution in [2.45, 2.75) is 51.8 Å². The van der Waals surface area contributed by atoms with Crippen LogP contribution in [-0.4, -0.2) is 23.7 Å². The summed E-state index contributed by atoms with van der Waals surface area (Å²) in [5.41, 5.74) is 10.6. The highest BCUT2D eigenvalue weighted by atomic mass is 16.6. The Labute approximate surface area is 79.6 Å². The first-order chi connectivity index (χ1) is 5.72. The predicted molar refractivity (Wildman–Crippen MR) is 52.1 cm³/mol. The van der Waals surface area contributed by atoms with Crippen LogP contribution in [0.15, 0.2) is 0 Å². The molecule has 0 amide bonds. The molecule has 0 aliphatic carbocycles. The van der Waals surface area contributed by atoms with E-state index in [9.17, 15) is 4.79 Å². The standard InChI is InChI=1S/C9H20N2O2/c1-6(10)5-7(11)8(12)13-9(2,3)4/h6-7H,5,10-11H2,1-4H3/t6-,7-/m0/s1. The van der Waals surface area contributed by atoms with Crippen LogP contribution in [0.5, 0.6) is 0 Å². The van der Waals surface area contributed by atoms with E-state index in [0.717, 1.165) is 0 Å². The summed E-state index contributed by atoms with van der Waals surface area (Å²) >= 11 is 0. The molecule has 78 valence electrons. The normalized spacial score (nSPS) is 16.5. The van der Waals surface area contributed by atoms with Crippen LogP contribution in [0.25, 0.3) is 0 Å². The molecule has 0 heterocycles. The minimum atomic E-state index is -0.612. The van der Waals surface area contributed by atoms with Gasteiger partial charge in [0.05, 0.1) is 0 Å². The van der Waals surface area contributed by atoms with Gasteiger partial charge < -0.3 is 16.2 Å². The number of carbonyl (C=O) groups excluding carboxylic acids is 1. The Morgan fingerprint density at radius 2 is 1.85 bits per heavy atom. The fraction of sp³-hybridized carbons (Fsp3) is 0.889. The molecule has 0 saturated heterocycles. The molecule has 0 fully saturated rings. The topological polar surface area (TPSA) is 78.3 Å². The molecule has 0 aromatic carbocycles. The number of ether oxygens (including phenoxy) is 1. The maximum absolute atomic E-state index is 11.3. The molecule has 0 saturated carbocycles. The lowest BCUT2D eigenvalue weighted by Crippen LogP contribution is -2.40. The average molecular weight is 188 g/mol. The first kappa shape index (κ1) is 12.4. The van der Waals surface area contributed by atoms with Crippen molar-refractivity contribution in [2.24, 2.45) is 11.5 Å². The van der Waals surface area contributed by atoms with Gasteiger partial charge in [-0.25, -0.2) is 0 Å². The van der Waals surface area contributed by atoms with Crippen LogP contribution in [0, 0.1) is 0 Å². The summed E-state index contributed by atoms with van der Waals surface area (Å²) < 4.78 is 5.08. The second-order valence-corrected chi connectivity index (χ2v) is 4.35.